The maximum Gasteiger partial charge on any atom is 0.213 e. The lowest BCUT2D eigenvalue weighted by molar-refractivity contribution is 0.461. The monoisotopic (exact) mass is 468 g/mol. The van der Waals surface area contributed by atoms with Crippen LogP contribution >= 0.6 is 24.0 Å². The number of hydrogen-bond donors (Lipinski definition) is 2. The molecular formula is C16H29IN4O2S. The van der Waals surface area contributed by atoms with E-state index in [4.69, 9.17) is 0 Å². The Labute approximate surface area is 163 Å². The van der Waals surface area contributed by atoms with Gasteiger partial charge in [-0.2, -0.15) is 0 Å². The maximum atomic E-state index is 11.6. The molecule has 0 unspecified atom stereocenters. The fourth-order valence-corrected chi connectivity index (χ4v) is 2.92. The molecule has 0 radical (unpaired) electrons. The second-order valence-corrected chi connectivity index (χ2v) is 7.72. The molecule has 0 aromatic heterocycles. The van der Waals surface area contributed by atoms with Gasteiger partial charge in [0.05, 0.1) is 5.75 Å². The third kappa shape index (κ3) is 7.80. The van der Waals surface area contributed by atoms with Crippen LogP contribution in [0.2, 0.25) is 0 Å². The number of nitrogens with zero attached hydrogens (tertiary/aromatic N) is 2. The quantitative estimate of drug-likeness (QED) is 0.265. The molecule has 0 saturated heterocycles. The maximum absolute atomic E-state index is 11.6. The number of sulfonamides is 1. The molecule has 0 spiro atoms. The van der Waals surface area contributed by atoms with Gasteiger partial charge in [-0.05, 0) is 31.4 Å². The highest BCUT2D eigenvalue weighted by molar-refractivity contribution is 14.0. The number of benzene rings is 1. The van der Waals surface area contributed by atoms with Crippen molar-refractivity contribution in [3.8, 4) is 0 Å². The molecule has 8 heteroatoms. The van der Waals surface area contributed by atoms with Crippen LogP contribution in [0, 0.1) is 6.92 Å². The van der Waals surface area contributed by atoms with Gasteiger partial charge in [-0.3, -0.25) is 4.99 Å². The number of aliphatic imine (C=N–C) groups is 1. The summed E-state index contributed by atoms with van der Waals surface area (Å²) in [6, 6.07) is 8.20. The summed E-state index contributed by atoms with van der Waals surface area (Å²) in [4.78, 5) is 4.18. The lowest BCUT2D eigenvalue weighted by Crippen LogP contribution is -2.38. The number of guanidine groups is 1. The van der Waals surface area contributed by atoms with E-state index in [0.717, 1.165) is 6.42 Å². The second kappa shape index (κ2) is 11.6. The Kier molecular flexibility index (Phi) is 11.2. The van der Waals surface area contributed by atoms with Gasteiger partial charge >= 0.3 is 0 Å². The van der Waals surface area contributed by atoms with E-state index < -0.39 is 10.0 Å². The number of rotatable bonds is 8. The summed E-state index contributed by atoms with van der Waals surface area (Å²) >= 11 is 0. The van der Waals surface area contributed by atoms with Crippen LogP contribution in [0.15, 0.2) is 29.3 Å². The summed E-state index contributed by atoms with van der Waals surface area (Å²) in [5.74, 6) is 0.852. The molecule has 0 saturated carbocycles. The minimum absolute atomic E-state index is 0. The summed E-state index contributed by atoms with van der Waals surface area (Å²) in [6.07, 6.45) is 0.723. The van der Waals surface area contributed by atoms with Gasteiger partial charge in [0.25, 0.3) is 0 Å². The lowest BCUT2D eigenvalue weighted by Gasteiger charge is -2.17. The van der Waals surface area contributed by atoms with E-state index in [9.17, 15) is 8.42 Å². The number of nitrogens with one attached hydrogen (secondary N) is 2. The van der Waals surface area contributed by atoms with Crippen molar-refractivity contribution in [2.75, 3.05) is 32.9 Å². The van der Waals surface area contributed by atoms with Crippen molar-refractivity contribution < 1.29 is 8.42 Å². The SMILES string of the molecule is CCS(=O)(=O)N(C)CCCNC(=NC)NCc1ccccc1C.I. The fraction of sp³-hybridized carbons (Fsp3) is 0.562. The topological polar surface area (TPSA) is 73.8 Å². The molecule has 6 nitrogen and oxygen atoms in total. The van der Waals surface area contributed by atoms with E-state index in [1.807, 2.05) is 12.1 Å². The first-order valence-corrected chi connectivity index (χ1v) is 9.44. The molecule has 24 heavy (non-hydrogen) atoms. The zero-order valence-corrected chi connectivity index (χ0v) is 18.0. The van der Waals surface area contributed by atoms with Crippen molar-refractivity contribution in [1.29, 1.82) is 0 Å². The molecule has 1 aromatic rings. The lowest BCUT2D eigenvalue weighted by atomic mass is 10.1. The molecule has 0 aliphatic rings. The van der Waals surface area contributed by atoms with Gasteiger partial charge in [-0.15, -0.1) is 24.0 Å². The van der Waals surface area contributed by atoms with E-state index in [-0.39, 0.29) is 29.7 Å². The predicted octanol–water partition coefficient (Wildman–Crippen LogP) is 1.95. The van der Waals surface area contributed by atoms with Crippen LogP contribution in [0.1, 0.15) is 24.5 Å². The molecule has 0 aliphatic heterocycles. The number of aryl methyl sites for hydroxylation is 1. The average molecular weight is 468 g/mol. The van der Waals surface area contributed by atoms with E-state index in [0.29, 0.717) is 25.6 Å². The first kappa shape index (κ1) is 23.1. The molecule has 1 aromatic carbocycles. The molecule has 2 N–H and O–H groups in total. The van der Waals surface area contributed by atoms with Crippen LogP contribution in [0.5, 0.6) is 0 Å². The minimum Gasteiger partial charge on any atom is -0.356 e. The fourth-order valence-electron chi connectivity index (χ4n) is 2.08. The summed E-state index contributed by atoms with van der Waals surface area (Å²) in [6.45, 7) is 5.60. The number of hydrogen-bond acceptors (Lipinski definition) is 3. The third-order valence-electron chi connectivity index (χ3n) is 3.71. The first-order valence-electron chi connectivity index (χ1n) is 7.83. The van der Waals surface area contributed by atoms with Crippen LogP contribution < -0.4 is 10.6 Å². The molecule has 0 amide bonds. The Morgan fingerprint density at radius 1 is 1.25 bits per heavy atom. The van der Waals surface area contributed by atoms with Crippen LogP contribution in [0.25, 0.3) is 0 Å². The molecule has 0 fully saturated rings. The average Bonchev–Trinajstić information content (AvgIpc) is 2.55. The zero-order chi connectivity index (χ0) is 17.3. The molecule has 0 bridgehead atoms. The van der Waals surface area contributed by atoms with Gasteiger partial charge in [0.2, 0.25) is 10.0 Å². The molecule has 0 atom stereocenters. The Morgan fingerprint density at radius 3 is 2.50 bits per heavy atom. The van der Waals surface area contributed by atoms with Crippen molar-refractivity contribution in [2.24, 2.45) is 4.99 Å². The highest BCUT2D eigenvalue weighted by atomic mass is 127. The van der Waals surface area contributed by atoms with Crippen molar-refractivity contribution in [1.82, 2.24) is 14.9 Å². The number of halogens is 1. The molecule has 138 valence electrons. The minimum atomic E-state index is -3.10. The van der Waals surface area contributed by atoms with Gasteiger partial charge in [-0.25, -0.2) is 12.7 Å². The van der Waals surface area contributed by atoms with Crippen LogP contribution in [-0.4, -0.2) is 51.6 Å². The third-order valence-corrected chi connectivity index (χ3v) is 5.57. The Balaban J connectivity index is 0.00000529. The molecule has 0 heterocycles. The van der Waals surface area contributed by atoms with Gasteiger partial charge in [0, 0.05) is 33.7 Å². The normalized spacial score (nSPS) is 12.0. The highest BCUT2D eigenvalue weighted by Gasteiger charge is 2.13. The van der Waals surface area contributed by atoms with E-state index in [1.165, 1.54) is 15.4 Å². The van der Waals surface area contributed by atoms with E-state index in [1.54, 1.807) is 21.0 Å². The summed E-state index contributed by atoms with van der Waals surface area (Å²) in [5, 5.41) is 6.46. The van der Waals surface area contributed by atoms with Crippen molar-refractivity contribution in [3.63, 3.8) is 0 Å². The van der Waals surface area contributed by atoms with E-state index >= 15 is 0 Å². The standard InChI is InChI=1S/C16H28N4O2S.HI/c1-5-23(21,22)20(4)12-8-11-18-16(17-3)19-13-15-10-7-6-9-14(15)2;/h6-7,9-10H,5,8,11-13H2,1-4H3,(H2,17,18,19);1H. The van der Waals surface area contributed by atoms with Crippen LogP contribution in [-0.2, 0) is 16.6 Å². The largest absolute Gasteiger partial charge is 0.356 e. The second-order valence-electron chi connectivity index (χ2n) is 5.35. The molecular weight excluding hydrogens is 439 g/mol. The summed E-state index contributed by atoms with van der Waals surface area (Å²) in [7, 11) is 0.242. The van der Waals surface area contributed by atoms with Crippen molar-refractivity contribution in [2.45, 2.75) is 26.8 Å². The predicted molar refractivity (Wildman–Crippen MR) is 112 cm³/mol. The Hall–Kier alpha value is -0.870. The summed E-state index contributed by atoms with van der Waals surface area (Å²) in [5.41, 5.74) is 2.46. The molecule has 1 rings (SSSR count). The summed E-state index contributed by atoms with van der Waals surface area (Å²) < 4.78 is 24.7. The van der Waals surface area contributed by atoms with Gasteiger partial charge in [-0.1, -0.05) is 24.3 Å². The Bertz CT molecular complexity index is 620. The molecule has 0 aliphatic carbocycles. The van der Waals surface area contributed by atoms with Crippen LogP contribution in [0.4, 0.5) is 0 Å². The van der Waals surface area contributed by atoms with Crippen molar-refractivity contribution >= 4 is 40.0 Å². The van der Waals surface area contributed by atoms with Gasteiger partial charge < -0.3 is 10.6 Å². The first-order chi connectivity index (χ1) is 10.9. The van der Waals surface area contributed by atoms with Gasteiger partial charge in [0.1, 0.15) is 0 Å². The van der Waals surface area contributed by atoms with Gasteiger partial charge in [0.15, 0.2) is 5.96 Å². The van der Waals surface area contributed by atoms with Crippen molar-refractivity contribution in [3.05, 3.63) is 35.4 Å². The van der Waals surface area contributed by atoms with E-state index in [2.05, 4.69) is 34.7 Å². The zero-order valence-electron chi connectivity index (χ0n) is 14.9. The Morgan fingerprint density at radius 2 is 1.92 bits per heavy atom. The van der Waals surface area contributed by atoms with Crippen LogP contribution in [0.3, 0.4) is 0 Å². The smallest absolute Gasteiger partial charge is 0.213 e. The highest BCUT2D eigenvalue weighted by Crippen LogP contribution is 2.05.